The Morgan fingerprint density at radius 2 is 1.65 bits per heavy atom. The molecule has 0 heterocycles. The molecule has 0 radical (unpaired) electrons. The van der Waals surface area contributed by atoms with Crippen LogP contribution in [0.5, 0.6) is 0 Å². The first-order valence-electron chi connectivity index (χ1n) is 8.07. The lowest BCUT2D eigenvalue weighted by molar-refractivity contribution is -0.133. The summed E-state index contributed by atoms with van der Waals surface area (Å²) in [6.45, 7) is 2.46. The maximum atomic E-state index is 12.7. The van der Waals surface area contributed by atoms with Crippen molar-refractivity contribution in [2.24, 2.45) is 11.8 Å². The van der Waals surface area contributed by atoms with Gasteiger partial charge in [0.1, 0.15) is 0 Å². The van der Waals surface area contributed by atoms with Crippen LogP contribution in [-0.2, 0) is 16.1 Å². The lowest BCUT2D eigenvalue weighted by Crippen LogP contribution is -2.35. The number of ketones is 1. The number of hydrogen-bond acceptors (Lipinski definition) is 2. The van der Waals surface area contributed by atoms with Gasteiger partial charge >= 0.3 is 0 Å². The molecule has 3 atom stereocenters. The average molecular weight is 307 g/mol. The van der Waals surface area contributed by atoms with Gasteiger partial charge in [0.25, 0.3) is 0 Å². The zero-order valence-electron chi connectivity index (χ0n) is 13.2. The van der Waals surface area contributed by atoms with E-state index in [4.69, 9.17) is 0 Å². The molecule has 3 unspecified atom stereocenters. The molecular weight excluding hydrogens is 286 g/mol. The van der Waals surface area contributed by atoms with Crippen LogP contribution in [0.25, 0.3) is 0 Å². The predicted molar refractivity (Wildman–Crippen MR) is 89.7 cm³/mol. The van der Waals surface area contributed by atoms with E-state index in [-0.39, 0.29) is 23.5 Å². The molecular formula is C20H21NO2. The van der Waals surface area contributed by atoms with E-state index in [1.54, 1.807) is 0 Å². The fourth-order valence-corrected chi connectivity index (χ4v) is 3.39. The molecule has 1 amide bonds. The molecule has 1 fully saturated rings. The molecule has 118 valence electrons. The van der Waals surface area contributed by atoms with Crippen LogP contribution < -0.4 is 5.32 Å². The zero-order chi connectivity index (χ0) is 16.2. The summed E-state index contributed by atoms with van der Waals surface area (Å²) in [5.74, 6) is -0.717. The Morgan fingerprint density at radius 3 is 2.30 bits per heavy atom. The molecule has 0 aliphatic heterocycles. The summed E-state index contributed by atoms with van der Waals surface area (Å²) in [5.41, 5.74) is 2.06. The number of Topliss-reactive ketones (excluding diaryl/α,β-unsaturated/α-hetero) is 1. The normalized spacial score (nSPS) is 23.7. The summed E-state index contributed by atoms with van der Waals surface area (Å²) < 4.78 is 0. The third kappa shape index (κ3) is 3.34. The fourth-order valence-electron chi connectivity index (χ4n) is 3.39. The van der Waals surface area contributed by atoms with E-state index < -0.39 is 5.92 Å². The quantitative estimate of drug-likeness (QED) is 0.881. The van der Waals surface area contributed by atoms with Crippen LogP contribution in [0, 0.1) is 11.8 Å². The molecule has 23 heavy (non-hydrogen) atoms. The monoisotopic (exact) mass is 307 g/mol. The molecule has 3 heteroatoms. The molecule has 0 aromatic heterocycles. The SMILES string of the molecule is CC1CC(c2ccccc2)C(=O)C1C(=O)NCc1ccccc1. The second-order valence-corrected chi connectivity index (χ2v) is 6.26. The fraction of sp³-hybridized carbons (Fsp3) is 0.300. The molecule has 2 aromatic rings. The third-order valence-electron chi connectivity index (χ3n) is 4.62. The number of nitrogens with one attached hydrogen (secondary N) is 1. The maximum absolute atomic E-state index is 12.7. The van der Waals surface area contributed by atoms with Crippen molar-refractivity contribution < 1.29 is 9.59 Å². The van der Waals surface area contributed by atoms with Gasteiger partial charge < -0.3 is 5.32 Å². The van der Waals surface area contributed by atoms with Gasteiger partial charge in [0, 0.05) is 12.5 Å². The van der Waals surface area contributed by atoms with Crippen molar-refractivity contribution in [3.8, 4) is 0 Å². The minimum atomic E-state index is -0.538. The molecule has 0 spiro atoms. The van der Waals surface area contributed by atoms with Crippen LogP contribution >= 0.6 is 0 Å². The van der Waals surface area contributed by atoms with Crippen molar-refractivity contribution in [1.29, 1.82) is 0 Å². The van der Waals surface area contributed by atoms with Gasteiger partial charge in [-0.3, -0.25) is 9.59 Å². The van der Waals surface area contributed by atoms with E-state index >= 15 is 0 Å². The summed E-state index contributed by atoms with van der Waals surface area (Å²) >= 11 is 0. The van der Waals surface area contributed by atoms with Crippen molar-refractivity contribution in [3.05, 3.63) is 71.8 Å². The van der Waals surface area contributed by atoms with Crippen molar-refractivity contribution in [2.75, 3.05) is 0 Å². The predicted octanol–water partition coefficient (Wildman–Crippen LogP) is 3.31. The molecule has 1 N–H and O–H groups in total. The minimum absolute atomic E-state index is 0.0502. The summed E-state index contributed by atoms with van der Waals surface area (Å²) in [7, 11) is 0. The zero-order valence-corrected chi connectivity index (χ0v) is 13.2. The average Bonchev–Trinajstić information content (AvgIpc) is 2.89. The summed E-state index contributed by atoms with van der Waals surface area (Å²) in [4.78, 5) is 25.2. The topological polar surface area (TPSA) is 46.2 Å². The molecule has 2 aromatic carbocycles. The molecule has 1 saturated carbocycles. The van der Waals surface area contributed by atoms with Gasteiger partial charge in [-0.15, -0.1) is 0 Å². The van der Waals surface area contributed by atoms with Crippen molar-refractivity contribution in [1.82, 2.24) is 5.32 Å². The Hall–Kier alpha value is -2.42. The van der Waals surface area contributed by atoms with Gasteiger partial charge in [-0.2, -0.15) is 0 Å². The summed E-state index contributed by atoms with van der Waals surface area (Å²) in [5, 5.41) is 2.91. The van der Waals surface area contributed by atoms with E-state index in [2.05, 4.69) is 5.32 Å². The Bertz CT molecular complexity index is 681. The van der Waals surface area contributed by atoms with Crippen molar-refractivity contribution in [3.63, 3.8) is 0 Å². The van der Waals surface area contributed by atoms with E-state index in [9.17, 15) is 9.59 Å². The highest BCUT2D eigenvalue weighted by Crippen LogP contribution is 2.39. The van der Waals surface area contributed by atoms with Crippen molar-refractivity contribution in [2.45, 2.75) is 25.8 Å². The van der Waals surface area contributed by atoms with Crippen LogP contribution in [0.15, 0.2) is 60.7 Å². The van der Waals surface area contributed by atoms with Crippen molar-refractivity contribution >= 4 is 11.7 Å². The van der Waals surface area contributed by atoms with Gasteiger partial charge in [0.15, 0.2) is 5.78 Å². The molecule has 3 rings (SSSR count). The Kier molecular flexibility index (Phi) is 4.56. The van der Waals surface area contributed by atoms with E-state index in [0.29, 0.717) is 6.54 Å². The number of carbonyl (C=O) groups excluding carboxylic acids is 2. The smallest absolute Gasteiger partial charge is 0.231 e. The lowest BCUT2D eigenvalue weighted by atomic mass is 9.94. The number of benzene rings is 2. The molecule has 0 bridgehead atoms. The van der Waals surface area contributed by atoms with Crippen LogP contribution in [0.2, 0.25) is 0 Å². The maximum Gasteiger partial charge on any atom is 0.231 e. The Balaban J connectivity index is 1.67. The first-order valence-corrected chi connectivity index (χ1v) is 8.07. The second kappa shape index (κ2) is 6.78. The highest BCUT2D eigenvalue weighted by atomic mass is 16.2. The highest BCUT2D eigenvalue weighted by molar-refractivity contribution is 6.06. The van der Waals surface area contributed by atoms with Gasteiger partial charge in [-0.25, -0.2) is 0 Å². The number of carbonyl (C=O) groups is 2. The minimum Gasteiger partial charge on any atom is -0.351 e. The second-order valence-electron chi connectivity index (χ2n) is 6.26. The first kappa shape index (κ1) is 15.5. The first-order chi connectivity index (χ1) is 11.2. The standard InChI is InChI=1S/C20H21NO2/c1-14-12-17(16-10-6-3-7-11-16)19(22)18(14)20(23)21-13-15-8-4-2-5-9-15/h2-11,14,17-18H,12-13H2,1H3,(H,21,23). The summed E-state index contributed by atoms with van der Waals surface area (Å²) in [6.07, 6.45) is 0.742. The number of amides is 1. The van der Waals surface area contributed by atoms with Crippen LogP contribution in [0.4, 0.5) is 0 Å². The number of hydrogen-bond donors (Lipinski definition) is 1. The largest absolute Gasteiger partial charge is 0.351 e. The van der Waals surface area contributed by atoms with Crippen LogP contribution in [0.3, 0.4) is 0 Å². The number of rotatable bonds is 4. The molecule has 3 nitrogen and oxygen atoms in total. The van der Waals surface area contributed by atoms with E-state index in [1.165, 1.54) is 0 Å². The highest BCUT2D eigenvalue weighted by Gasteiger charge is 2.44. The summed E-state index contributed by atoms with van der Waals surface area (Å²) in [6, 6.07) is 19.5. The van der Waals surface area contributed by atoms with E-state index in [1.807, 2.05) is 67.6 Å². The Morgan fingerprint density at radius 1 is 1.04 bits per heavy atom. The molecule has 1 aliphatic carbocycles. The van der Waals surface area contributed by atoms with Gasteiger partial charge in [-0.1, -0.05) is 67.6 Å². The van der Waals surface area contributed by atoms with Gasteiger partial charge in [0.05, 0.1) is 5.92 Å². The van der Waals surface area contributed by atoms with Crippen LogP contribution in [-0.4, -0.2) is 11.7 Å². The van der Waals surface area contributed by atoms with Gasteiger partial charge in [-0.05, 0) is 23.5 Å². The molecule has 0 saturated heterocycles. The molecule has 1 aliphatic rings. The van der Waals surface area contributed by atoms with Gasteiger partial charge in [0.2, 0.25) is 5.91 Å². The Labute approximate surface area is 136 Å². The third-order valence-corrected chi connectivity index (χ3v) is 4.62. The van der Waals surface area contributed by atoms with Crippen LogP contribution in [0.1, 0.15) is 30.4 Å². The van der Waals surface area contributed by atoms with E-state index in [0.717, 1.165) is 17.5 Å². The lowest BCUT2D eigenvalue weighted by Gasteiger charge is -2.14.